The zero-order valence-electron chi connectivity index (χ0n) is 19.0. The predicted molar refractivity (Wildman–Crippen MR) is 131 cm³/mol. The Morgan fingerprint density at radius 2 is 1.79 bits per heavy atom. The first kappa shape index (κ1) is 26.7. The predicted octanol–water partition coefficient (Wildman–Crippen LogP) is 1.80. The van der Waals surface area contributed by atoms with Gasteiger partial charge in [-0.1, -0.05) is 37.0 Å². The molecule has 13 heteroatoms. The molecule has 3 rings (SSSR count). The van der Waals surface area contributed by atoms with E-state index >= 15 is 0 Å². The van der Waals surface area contributed by atoms with Crippen LogP contribution in [0.2, 0.25) is 10.0 Å². The van der Waals surface area contributed by atoms with Gasteiger partial charge in [-0.25, -0.2) is 0 Å². The van der Waals surface area contributed by atoms with Crippen molar-refractivity contribution < 1.29 is 28.5 Å². The van der Waals surface area contributed by atoms with Gasteiger partial charge < -0.3 is 19.9 Å². The minimum Gasteiger partial charge on any atom is -0.497 e. The Morgan fingerprint density at radius 3 is 2.38 bits per heavy atom. The fourth-order valence-corrected chi connectivity index (χ4v) is 5.42. The van der Waals surface area contributed by atoms with Crippen molar-refractivity contribution >= 4 is 65.8 Å². The summed E-state index contributed by atoms with van der Waals surface area (Å²) in [6.07, 6.45) is 0.380. The zero-order chi connectivity index (χ0) is 25.0. The van der Waals surface area contributed by atoms with Crippen molar-refractivity contribution in [2.45, 2.75) is 38.3 Å². The number of nitrogens with one attached hydrogen (secondary N) is 2. The molecule has 2 saturated heterocycles. The number of hydrogen-bond donors (Lipinski definition) is 2. The maximum atomic E-state index is 12.8. The molecule has 2 aliphatic rings. The van der Waals surface area contributed by atoms with Gasteiger partial charge in [0.1, 0.15) is 12.1 Å². The highest BCUT2D eigenvalue weighted by Crippen LogP contribution is 2.26. The van der Waals surface area contributed by atoms with Gasteiger partial charge in [-0.2, -0.15) is 11.8 Å². The number of thioether (sulfide) groups is 1. The van der Waals surface area contributed by atoms with Gasteiger partial charge in [-0.3, -0.25) is 24.1 Å². The molecule has 2 aliphatic heterocycles. The lowest BCUT2D eigenvalue weighted by molar-refractivity contribution is -0.153. The van der Waals surface area contributed by atoms with Crippen LogP contribution in [0.5, 0.6) is 0 Å². The van der Waals surface area contributed by atoms with Crippen molar-refractivity contribution in [1.29, 1.82) is 0 Å². The molecular formula is C21H26BCl2N3O6S. The number of benzene rings is 1. The first-order valence-electron chi connectivity index (χ1n) is 10.8. The number of rotatable bonds is 7. The Bertz CT molecular complexity index is 942. The van der Waals surface area contributed by atoms with Crippen LogP contribution in [0.15, 0.2) is 18.2 Å². The molecule has 0 unspecified atom stereocenters. The SMILES string of the molecule is CC(C)C[C@H](NC(=O)CNC(=O)c1cc(Cl)ccc1Cl)B1OC(=O)[C@@H]2CSC[C@@H](C(=O)O1)N2C. The fourth-order valence-electron chi connectivity index (χ4n) is 3.72. The van der Waals surface area contributed by atoms with Gasteiger partial charge in [-0.05, 0) is 37.6 Å². The van der Waals surface area contributed by atoms with Gasteiger partial charge in [0.05, 0.1) is 23.1 Å². The summed E-state index contributed by atoms with van der Waals surface area (Å²) in [7, 11) is 0.423. The van der Waals surface area contributed by atoms with E-state index in [-0.39, 0.29) is 23.0 Å². The van der Waals surface area contributed by atoms with Crippen LogP contribution in [-0.2, 0) is 23.7 Å². The lowest BCUT2D eigenvalue weighted by atomic mass is 9.73. The molecule has 0 aromatic heterocycles. The van der Waals surface area contributed by atoms with Crippen LogP contribution >= 0.6 is 35.0 Å². The smallest absolute Gasteiger partial charge is 0.497 e. The van der Waals surface area contributed by atoms with Crippen LogP contribution in [0.3, 0.4) is 0 Å². The summed E-state index contributed by atoms with van der Waals surface area (Å²) in [6.45, 7) is 3.48. The Labute approximate surface area is 212 Å². The van der Waals surface area contributed by atoms with E-state index in [1.54, 1.807) is 18.0 Å². The lowest BCUT2D eigenvalue weighted by Gasteiger charge is -2.40. The van der Waals surface area contributed by atoms with Crippen molar-refractivity contribution in [1.82, 2.24) is 15.5 Å². The van der Waals surface area contributed by atoms with Crippen molar-refractivity contribution in [2.24, 2.45) is 5.92 Å². The van der Waals surface area contributed by atoms with Crippen LogP contribution in [0.25, 0.3) is 0 Å². The molecular weight excluding hydrogens is 504 g/mol. The summed E-state index contributed by atoms with van der Waals surface area (Å²) < 4.78 is 11.1. The highest BCUT2D eigenvalue weighted by atomic mass is 35.5. The largest absolute Gasteiger partial charge is 0.622 e. The van der Waals surface area contributed by atoms with E-state index in [9.17, 15) is 19.2 Å². The summed E-state index contributed by atoms with van der Waals surface area (Å²) in [5, 5.41) is 5.75. The molecule has 0 saturated carbocycles. The van der Waals surface area contributed by atoms with Gasteiger partial charge >= 0.3 is 19.1 Å². The molecule has 2 heterocycles. The van der Waals surface area contributed by atoms with Crippen LogP contribution in [0.4, 0.5) is 0 Å². The summed E-state index contributed by atoms with van der Waals surface area (Å²) in [5.74, 6) is -1.82. The van der Waals surface area contributed by atoms with E-state index in [0.29, 0.717) is 22.9 Å². The van der Waals surface area contributed by atoms with Gasteiger partial charge in [0.2, 0.25) is 5.91 Å². The second-order valence-electron chi connectivity index (χ2n) is 8.59. The second kappa shape index (κ2) is 11.7. The lowest BCUT2D eigenvalue weighted by Crippen LogP contribution is -2.62. The van der Waals surface area contributed by atoms with E-state index in [0.717, 1.165) is 0 Å². The average molecular weight is 530 g/mol. The second-order valence-corrected chi connectivity index (χ2v) is 10.5. The Hall–Kier alpha value is -1.95. The summed E-state index contributed by atoms with van der Waals surface area (Å²) in [4.78, 5) is 52.2. The van der Waals surface area contributed by atoms with E-state index in [2.05, 4.69) is 10.6 Å². The van der Waals surface area contributed by atoms with E-state index in [4.69, 9.17) is 32.5 Å². The highest BCUT2D eigenvalue weighted by Gasteiger charge is 2.48. The third-order valence-corrected chi connectivity index (χ3v) is 7.19. The molecule has 2 N–H and O–H groups in total. The number of likely N-dealkylation sites (N-methyl/N-ethyl adjacent to an activating group) is 1. The minimum atomic E-state index is -1.27. The van der Waals surface area contributed by atoms with Gasteiger partial charge in [0.15, 0.2) is 0 Å². The Kier molecular flexibility index (Phi) is 9.14. The van der Waals surface area contributed by atoms with Crippen LogP contribution in [-0.4, -0.2) is 78.9 Å². The van der Waals surface area contributed by atoms with E-state index in [1.165, 1.54) is 23.9 Å². The molecule has 1 aromatic carbocycles. The normalized spacial score (nSPS) is 21.8. The highest BCUT2D eigenvalue weighted by molar-refractivity contribution is 7.99. The van der Waals surface area contributed by atoms with Gasteiger partial charge in [0, 0.05) is 16.5 Å². The van der Waals surface area contributed by atoms with Crippen molar-refractivity contribution in [3.05, 3.63) is 33.8 Å². The van der Waals surface area contributed by atoms with Gasteiger partial charge in [0.25, 0.3) is 5.91 Å². The van der Waals surface area contributed by atoms with E-state index in [1.807, 2.05) is 13.8 Å². The molecule has 2 fully saturated rings. The van der Waals surface area contributed by atoms with Crippen LogP contribution in [0, 0.1) is 5.92 Å². The summed E-state index contributed by atoms with van der Waals surface area (Å²) >= 11 is 13.4. The summed E-state index contributed by atoms with van der Waals surface area (Å²) in [5.41, 5.74) is 0.136. The molecule has 1 aromatic rings. The fraction of sp³-hybridized carbons (Fsp3) is 0.524. The number of carbonyl (C=O) groups excluding carboxylic acids is 4. The molecule has 2 amide bonds. The number of hydrogen-bond acceptors (Lipinski definition) is 8. The molecule has 0 spiro atoms. The molecule has 9 nitrogen and oxygen atoms in total. The maximum absolute atomic E-state index is 12.8. The summed E-state index contributed by atoms with van der Waals surface area (Å²) in [6, 6.07) is 3.29. The molecule has 0 radical (unpaired) electrons. The van der Waals surface area contributed by atoms with Crippen LogP contribution in [0.1, 0.15) is 30.6 Å². The quantitative estimate of drug-likeness (QED) is 0.514. The molecule has 34 heavy (non-hydrogen) atoms. The first-order valence-corrected chi connectivity index (χ1v) is 12.7. The third-order valence-electron chi connectivity index (χ3n) is 5.53. The minimum absolute atomic E-state index is 0.0886. The third kappa shape index (κ3) is 6.59. The monoisotopic (exact) mass is 529 g/mol. The zero-order valence-corrected chi connectivity index (χ0v) is 21.3. The Balaban J connectivity index is 1.68. The molecule has 3 atom stereocenters. The number of fused-ring (bicyclic) bond motifs is 2. The standard InChI is InChI=1S/C21H26BCl2N3O6S/c1-11(2)6-17(22-32-20(30)15-9-34-10-16(27(15)3)21(31)33-22)26-18(28)8-25-19(29)13-7-12(23)4-5-14(13)24/h4-5,7,11,15-17H,6,8-10H2,1-3H3,(H,25,29)(H,26,28)/t15-,16-,17-/m0/s1. The molecule has 2 bridgehead atoms. The number of nitrogens with zero attached hydrogens (tertiary/aromatic N) is 1. The van der Waals surface area contributed by atoms with Crippen molar-refractivity contribution in [3.63, 3.8) is 0 Å². The van der Waals surface area contributed by atoms with Crippen molar-refractivity contribution in [3.8, 4) is 0 Å². The first-order chi connectivity index (χ1) is 16.1. The van der Waals surface area contributed by atoms with Crippen LogP contribution < -0.4 is 10.6 Å². The molecule has 184 valence electrons. The van der Waals surface area contributed by atoms with E-state index < -0.39 is 48.9 Å². The Morgan fingerprint density at radius 1 is 1.18 bits per heavy atom. The van der Waals surface area contributed by atoms with Gasteiger partial charge in [-0.15, -0.1) is 0 Å². The maximum Gasteiger partial charge on any atom is 0.622 e. The number of carbonyl (C=O) groups is 4. The number of halogens is 2. The number of amides is 2. The topological polar surface area (TPSA) is 114 Å². The van der Waals surface area contributed by atoms with Crippen molar-refractivity contribution in [2.75, 3.05) is 25.1 Å². The molecule has 0 aliphatic carbocycles. The average Bonchev–Trinajstić information content (AvgIpc) is 2.77.